The van der Waals surface area contributed by atoms with E-state index in [1.807, 2.05) is 29.2 Å². The zero-order valence-corrected chi connectivity index (χ0v) is 15.1. The molecular weight excluding hydrogens is 328 g/mol. The summed E-state index contributed by atoms with van der Waals surface area (Å²) in [6.45, 7) is 4.77. The van der Waals surface area contributed by atoms with Gasteiger partial charge in [0.25, 0.3) is 0 Å². The molecule has 26 heavy (non-hydrogen) atoms. The summed E-state index contributed by atoms with van der Waals surface area (Å²) >= 11 is 0. The smallest absolute Gasteiger partial charge is 0.225 e. The molecule has 2 heterocycles. The van der Waals surface area contributed by atoms with E-state index in [-0.39, 0.29) is 24.5 Å². The fourth-order valence-electron chi connectivity index (χ4n) is 3.06. The molecule has 1 aliphatic rings. The van der Waals surface area contributed by atoms with Crippen molar-refractivity contribution in [3.8, 4) is 0 Å². The van der Waals surface area contributed by atoms with Gasteiger partial charge in [-0.25, -0.2) is 9.97 Å². The molecule has 0 bridgehead atoms. The monoisotopic (exact) mass is 352 g/mol. The highest BCUT2D eigenvalue weighted by molar-refractivity contribution is 5.98. The number of carbonyl (C=O) groups is 2. The minimum Gasteiger partial charge on any atom is -0.339 e. The highest BCUT2D eigenvalue weighted by atomic mass is 16.2. The molecule has 0 saturated carbocycles. The van der Waals surface area contributed by atoms with E-state index in [2.05, 4.69) is 21.8 Å². The largest absolute Gasteiger partial charge is 0.339 e. The second kappa shape index (κ2) is 8.56. The Kier molecular flexibility index (Phi) is 5.94. The summed E-state index contributed by atoms with van der Waals surface area (Å²) in [6.07, 6.45) is 4.91. The van der Waals surface area contributed by atoms with Crippen LogP contribution in [-0.4, -0.2) is 52.7 Å². The van der Waals surface area contributed by atoms with Crippen LogP contribution in [-0.2, 0) is 11.2 Å². The summed E-state index contributed by atoms with van der Waals surface area (Å²) in [7, 11) is 0. The highest BCUT2D eigenvalue weighted by Crippen LogP contribution is 2.13. The van der Waals surface area contributed by atoms with Crippen LogP contribution in [0.25, 0.3) is 0 Å². The molecule has 1 aromatic carbocycles. The van der Waals surface area contributed by atoms with Gasteiger partial charge in [0.15, 0.2) is 5.78 Å². The zero-order valence-electron chi connectivity index (χ0n) is 15.1. The maximum atomic E-state index is 12.4. The fourth-order valence-corrected chi connectivity index (χ4v) is 3.06. The van der Waals surface area contributed by atoms with Gasteiger partial charge in [-0.2, -0.15) is 0 Å². The lowest BCUT2D eigenvalue weighted by Crippen LogP contribution is -2.49. The Morgan fingerprint density at radius 2 is 1.62 bits per heavy atom. The predicted octanol–water partition coefficient (Wildman–Crippen LogP) is 2.35. The van der Waals surface area contributed by atoms with Crippen molar-refractivity contribution in [1.82, 2.24) is 14.9 Å². The summed E-state index contributed by atoms with van der Waals surface area (Å²) < 4.78 is 0. The Bertz CT molecular complexity index is 738. The van der Waals surface area contributed by atoms with Gasteiger partial charge in [-0.1, -0.05) is 31.2 Å². The first-order chi connectivity index (χ1) is 12.7. The van der Waals surface area contributed by atoms with Crippen LogP contribution in [0.2, 0.25) is 0 Å². The Balaban J connectivity index is 1.46. The number of piperazine rings is 1. The number of benzene rings is 1. The van der Waals surface area contributed by atoms with Crippen LogP contribution in [0.15, 0.2) is 42.7 Å². The molecule has 6 heteroatoms. The molecule has 136 valence electrons. The average molecular weight is 352 g/mol. The molecule has 2 aromatic rings. The molecule has 1 saturated heterocycles. The zero-order chi connectivity index (χ0) is 18.4. The summed E-state index contributed by atoms with van der Waals surface area (Å²) in [4.78, 5) is 37.1. The van der Waals surface area contributed by atoms with Crippen molar-refractivity contribution < 1.29 is 9.59 Å². The molecule has 1 aromatic heterocycles. The predicted molar refractivity (Wildman–Crippen MR) is 100 cm³/mol. The molecule has 0 unspecified atom stereocenters. The van der Waals surface area contributed by atoms with E-state index in [4.69, 9.17) is 0 Å². The van der Waals surface area contributed by atoms with Crippen molar-refractivity contribution in [3.05, 3.63) is 53.9 Å². The molecule has 0 aliphatic carbocycles. The lowest BCUT2D eigenvalue weighted by Gasteiger charge is -2.34. The first-order valence-electron chi connectivity index (χ1n) is 9.09. The van der Waals surface area contributed by atoms with Crippen LogP contribution in [0, 0.1) is 0 Å². The van der Waals surface area contributed by atoms with Crippen molar-refractivity contribution >= 4 is 17.6 Å². The number of hydrogen-bond donors (Lipinski definition) is 0. The van der Waals surface area contributed by atoms with Gasteiger partial charge in [-0.15, -0.1) is 0 Å². The maximum absolute atomic E-state index is 12.4. The Labute approximate surface area is 153 Å². The molecule has 1 aliphatic heterocycles. The second-order valence-corrected chi connectivity index (χ2v) is 6.39. The van der Waals surface area contributed by atoms with E-state index in [9.17, 15) is 9.59 Å². The number of rotatable bonds is 6. The number of aromatic nitrogens is 2. The third-order valence-corrected chi connectivity index (χ3v) is 4.72. The third kappa shape index (κ3) is 4.45. The summed E-state index contributed by atoms with van der Waals surface area (Å²) in [5, 5.41) is 0. The molecule has 3 rings (SSSR count). The van der Waals surface area contributed by atoms with Crippen LogP contribution < -0.4 is 4.90 Å². The van der Waals surface area contributed by atoms with E-state index in [1.54, 1.807) is 18.5 Å². The Morgan fingerprint density at radius 1 is 0.962 bits per heavy atom. The van der Waals surface area contributed by atoms with Crippen LogP contribution in [0.3, 0.4) is 0 Å². The number of carbonyl (C=O) groups excluding carboxylic acids is 2. The van der Waals surface area contributed by atoms with Gasteiger partial charge >= 0.3 is 0 Å². The summed E-state index contributed by atoms with van der Waals surface area (Å²) in [6, 6.07) is 9.44. The SMILES string of the molecule is CCc1ccc(C(=O)CCC(=O)N2CCN(c3ncccn3)CC2)cc1. The Hall–Kier alpha value is -2.76. The van der Waals surface area contributed by atoms with E-state index in [0.717, 1.165) is 6.42 Å². The van der Waals surface area contributed by atoms with Gasteiger partial charge in [0.2, 0.25) is 11.9 Å². The maximum Gasteiger partial charge on any atom is 0.225 e. The number of nitrogens with zero attached hydrogens (tertiary/aromatic N) is 4. The molecule has 0 radical (unpaired) electrons. The van der Waals surface area contributed by atoms with Crippen LogP contribution >= 0.6 is 0 Å². The lowest BCUT2D eigenvalue weighted by molar-refractivity contribution is -0.131. The molecule has 0 spiro atoms. The molecule has 1 amide bonds. The number of ketones is 1. The van der Waals surface area contributed by atoms with E-state index in [1.165, 1.54) is 5.56 Å². The van der Waals surface area contributed by atoms with Crippen molar-refractivity contribution in [3.63, 3.8) is 0 Å². The first kappa shape index (κ1) is 18.0. The van der Waals surface area contributed by atoms with Gasteiger partial charge in [-0.05, 0) is 18.1 Å². The third-order valence-electron chi connectivity index (χ3n) is 4.72. The average Bonchev–Trinajstić information content (AvgIpc) is 2.72. The fraction of sp³-hybridized carbons (Fsp3) is 0.400. The van der Waals surface area contributed by atoms with Gasteiger partial charge in [-0.3, -0.25) is 9.59 Å². The van der Waals surface area contributed by atoms with Crippen LogP contribution in [0.1, 0.15) is 35.7 Å². The number of anilines is 1. The number of Topliss-reactive ketones (excluding diaryl/α,β-unsaturated/α-hetero) is 1. The van der Waals surface area contributed by atoms with Gasteiger partial charge in [0, 0.05) is 57.0 Å². The quantitative estimate of drug-likeness (QED) is 0.747. The van der Waals surface area contributed by atoms with E-state index >= 15 is 0 Å². The van der Waals surface area contributed by atoms with Crippen LogP contribution in [0.4, 0.5) is 5.95 Å². The standard InChI is InChI=1S/C20H24N4O2/c1-2-16-4-6-17(7-5-16)18(25)8-9-19(26)23-12-14-24(15-13-23)20-21-10-3-11-22-20/h3-7,10-11H,2,8-9,12-15H2,1H3. The number of hydrogen-bond acceptors (Lipinski definition) is 5. The van der Waals surface area contributed by atoms with E-state index < -0.39 is 0 Å². The molecule has 6 nitrogen and oxygen atoms in total. The normalized spacial score (nSPS) is 14.3. The molecular formula is C20H24N4O2. The summed E-state index contributed by atoms with van der Waals surface area (Å²) in [5.74, 6) is 0.764. The highest BCUT2D eigenvalue weighted by Gasteiger charge is 2.22. The van der Waals surface area contributed by atoms with Gasteiger partial charge < -0.3 is 9.80 Å². The van der Waals surface area contributed by atoms with E-state index in [0.29, 0.717) is 37.7 Å². The van der Waals surface area contributed by atoms with Gasteiger partial charge in [0.05, 0.1) is 0 Å². The molecule has 0 atom stereocenters. The Morgan fingerprint density at radius 3 is 2.23 bits per heavy atom. The minimum absolute atomic E-state index is 0.0253. The van der Waals surface area contributed by atoms with Crippen molar-refractivity contribution in [2.45, 2.75) is 26.2 Å². The first-order valence-corrected chi connectivity index (χ1v) is 9.09. The van der Waals surface area contributed by atoms with Crippen molar-refractivity contribution in [2.24, 2.45) is 0 Å². The topological polar surface area (TPSA) is 66.4 Å². The molecule has 1 fully saturated rings. The molecule has 0 N–H and O–H groups in total. The van der Waals surface area contributed by atoms with Crippen molar-refractivity contribution in [1.29, 1.82) is 0 Å². The second-order valence-electron chi connectivity index (χ2n) is 6.39. The summed E-state index contributed by atoms with van der Waals surface area (Å²) in [5.41, 5.74) is 1.89. The number of aryl methyl sites for hydroxylation is 1. The van der Waals surface area contributed by atoms with Crippen LogP contribution in [0.5, 0.6) is 0 Å². The van der Waals surface area contributed by atoms with Gasteiger partial charge in [0.1, 0.15) is 0 Å². The number of amides is 1. The van der Waals surface area contributed by atoms with Crippen molar-refractivity contribution in [2.75, 3.05) is 31.1 Å². The lowest BCUT2D eigenvalue weighted by atomic mass is 10.0. The minimum atomic E-state index is 0.0253.